The van der Waals surface area contributed by atoms with Crippen molar-refractivity contribution in [1.82, 2.24) is 14.9 Å². The molecule has 1 saturated heterocycles. The SMILES string of the molecule is O=C(CCc1nc(-c2cccnc2)cs1)N1CCN(c2ccc(F)cc2)CC1. The monoisotopic (exact) mass is 396 g/mol. The number of thiazole rings is 1. The van der Waals surface area contributed by atoms with Crippen LogP contribution in [0.2, 0.25) is 0 Å². The van der Waals surface area contributed by atoms with Crippen molar-refractivity contribution in [2.24, 2.45) is 0 Å². The molecule has 1 aliphatic heterocycles. The molecule has 144 valence electrons. The van der Waals surface area contributed by atoms with E-state index < -0.39 is 0 Å². The van der Waals surface area contributed by atoms with Crippen molar-refractivity contribution in [3.05, 3.63) is 65.0 Å². The zero-order chi connectivity index (χ0) is 19.3. The molecule has 5 nitrogen and oxygen atoms in total. The van der Waals surface area contributed by atoms with Crippen LogP contribution in [0.5, 0.6) is 0 Å². The average molecular weight is 396 g/mol. The van der Waals surface area contributed by atoms with Gasteiger partial charge < -0.3 is 9.80 Å². The summed E-state index contributed by atoms with van der Waals surface area (Å²) in [6.45, 7) is 2.91. The number of anilines is 1. The number of pyridine rings is 1. The van der Waals surface area contributed by atoms with Gasteiger partial charge in [-0.15, -0.1) is 11.3 Å². The molecule has 0 N–H and O–H groups in total. The quantitative estimate of drug-likeness (QED) is 0.661. The lowest BCUT2D eigenvalue weighted by Crippen LogP contribution is -2.48. The maximum Gasteiger partial charge on any atom is 0.223 e. The first kappa shape index (κ1) is 18.6. The maximum atomic E-state index is 13.1. The Labute approximate surface area is 167 Å². The smallest absolute Gasteiger partial charge is 0.223 e. The highest BCUT2D eigenvalue weighted by Crippen LogP contribution is 2.22. The highest BCUT2D eigenvalue weighted by atomic mass is 32.1. The van der Waals surface area contributed by atoms with Gasteiger partial charge in [-0.05, 0) is 36.4 Å². The topological polar surface area (TPSA) is 49.3 Å². The van der Waals surface area contributed by atoms with Gasteiger partial charge in [-0.3, -0.25) is 9.78 Å². The van der Waals surface area contributed by atoms with Crippen LogP contribution in [0, 0.1) is 5.82 Å². The number of halogens is 1. The third kappa shape index (κ3) is 4.36. The summed E-state index contributed by atoms with van der Waals surface area (Å²) in [6.07, 6.45) is 4.66. The molecule has 1 aliphatic rings. The molecule has 7 heteroatoms. The van der Waals surface area contributed by atoms with Gasteiger partial charge in [0.25, 0.3) is 0 Å². The lowest BCUT2D eigenvalue weighted by atomic mass is 10.2. The third-order valence-corrected chi connectivity index (χ3v) is 5.79. The van der Waals surface area contributed by atoms with Crippen molar-refractivity contribution in [3.63, 3.8) is 0 Å². The maximum absolute atomic E-state index is 13.1. The summed E-state index contributed by atoms with van der Waals surface area (Å²) in [5, 5.41) is 2.98. The molecule has 4 rings (SSSR count). The minimum Gasteiger partial charge on any atom is -0.368 e. The van der Waals surface area contributed by atoms with Crippen LogP contribution in [0.25, 0.3) is 11.3 Å². The summed E-state index contributed by atoms with van der Waals surface area (Å²) < 4.78 is 13.1. The molecule has 0 bridgehead atoms. The first-order valence-electron chi connectivity index (χ1n) is 9.32. The van der Waals surface area contributed by atoms with E-state index in [0.29, 0.717) is 25.9 Å². The fourth-order valence-electron chi connectivity index (χ4n) is 3.31. The number of hydrogen-bond acceptors (Lipinski definition) is 5. The molecule has 3 aromatic rings. The largest absolute Gasteiger partial charge is 0.368 e. The van der Waals surface area contributed by atoms with Crippen LogP contribution in [0.15, 0.2) is 54.2 Å². The van der Waals surface area contributed by atoms with Crippen molar-refractivity contribution in [3.8, 4) is 11.3 Å². The van der Waals surface area contributed by atoms with Gasteiger partial charge in [-0.25, -0.2) is 9.37 Å². The van der Waals surface area contributed by atoms with E-state index in [4.69, 9.17) is 0 Å². The lowest BCUT2D eigenvalue weighted by Gasteiger charge is -2.36. The van der Waals surface area contributed by atoms with Crippen molar-refractivity contribution in [2.45, 2.75) is 12.8 Å². The molecule has 1 amide bonds. The van der Waals surface area contributed by atoms with Gasteiger partial charge in [0.2, 0.25) is 5.91 Å². The second-order valence-corrected chi connectivity index (χ2v) is 7.66. The second-order valence-electron chi connectivity index (χ2n) is 6.71. The number of carbonyl (C=O) groups excluding carboxylic acids is 1. The van der Waals surface area contributed by atoms with Gasteiger partial charge in [-0.1, -0.05) is 0 Å². The van der Waals surface area contributed by atoms with Gasteiger partial charge in [-0.2, -0.15) is 0 Å². The number of aromatic nitrogens is 2. The molecule has 0 unspecified atom stereocenters. The Morgan fingerprint density at radius 2 is 1.89 bits per heavy atom. The molecule has 1 aromatic carbocycles. The summed E-state index contributed by atoms with van der Waals surface area (Å²) in [5.74, 6) is -0.0664. The first-order valence-corrected chi connectivity index (χ1v) is 10.2. The van der Waals surface area contributed by atoms with Crippen LogP contribution in [0.1, 0.15) is 11.4 Å². The number of hydrogen-bond donors (Lipinski definition) is 0. The van der Waals surface area contributed by atoms with Gasteiger partial charge in [0.15, 0.2) is 0 Å². The standard InChI is InChI=1S/C21H21FN4OS/c22-17-3-5-18(6-4-17)25-10-12-26(13-11-25)21(27)8-7-20-24-19(15-28-20)16-2-1-9-23-14-16/h1-6,9,14-15H,7-8,10-13H2. The van der Waals surface area contributed by atoms with E-state index in [1.54, 1.807) is 35.9 Å². The number of nitrogens with zero attached hydrogens (tertiary/aromatic N) is 4. The number of benzene rings is 1. The molecule has 0 radical (unpaired) electrons. The molecular formula is C21H21FN4OS. The second kappa shape index (κ2) is 8.48. The van der Waals surface area contributed by atoms with Crippen molar-refractivity contribution >= 4 is 22.9 Å². The molecule has 3 heterocycles. The fraction of sp³-hybridized carbons (Fsp3) is 0.286. The Hall–Kier alpha value is -2.80. The Bertz CT molecular complexity index is 921. The molecular weight excluding hydrogens is 375 g/mol. The van der Waals surface area contributed by atoms with Crippen molar-refractivity contribution < 1.29 is 9.18 Å². The van der Waals surface area contributed by atoms with Crippen LogP contribution < -0.4 is 4.90 Å². The van der Waals surface area contributed by atoms with Crippen molar-refractivity contribution in [2.75, 3.05) is 31.1 Å². The molecule has 1 fully saturated rings. The first-order chi connectivity index (χ1) is 13.7. The van der Waals surface area contributed by atoms with Gasteiger partial charge in [0.1, 0.15) is 5.82 Å². The predicted octanol–water partition coefficient (Wildman–Crippen LogP) is 3.63. The summed E-state index contributed by atoms with van der Waals surface area (Å²) in [6, 6.07) is 10.4. The number of amides is 1. The number of rotatable bonds is 5. The van der Waals surface area contributed by atoms with Crippen LogP contribution >= 0.6 is 11.3 Å². The van der Waals surface area contributed by atoms with E-state index in [1.165, 1.54) is 12.1 Å². The van der Waals surface area contributed by atoms with Gasteiger partial charge in [0, 0.05) is 68.0 Å². The van der Waals surface area contributed by atoms with Gasteiger partial charge >= 0.3 is 0 Å². The van der Waals surface area contributed by atoms with Gasteiger partial charge in [0.05, 0.1) is 10.7 Å². The number of carbonyl (C=O) groups is 1. The Morgan fingerprint density at radius 3 is 2.61 bits per heavy atom. The van der Waals surface area contributed by atoms with E-state index in [0.717, 1.165) is 35.0 Å². The summed E-state index contributed by atoms with van der Waals surface area (Å²) >= 11 is 1.58. The van der Waals surface area contributed by atoms with Crippen LogP contribution in [0.3, 0.4) is 0 Å². The van der Waals surface area contributed by atoms with E-state index in [-0.39, 0.29) is 11.7 Å². The van der Waals surface area contributed by atoms with Crippen LogP contribution in [0.4, 0.5) is 10.1 Å². The molecule has 2 aromatic heterocycles. The molecule has 0 aliphatic carbocycles. The fourth-order valence-corrected chi connectivity index (χ4v) is 4.12. The Morgan fingerprint density at radius 1 is 1.11 bits per heavy atom. The van der Waals surface area contributed by atoms with E-state index in [1.807, 2.05) is 22.4 Å². The molecule has 28 heavy (non-hydrogen) atoms. The Balaban J connectivity index is 1.27. The summed E-state index contributed by atoms with van der Waals surface area (Å²) in [7, 11) is 0. The molecule has 0 saturated carbocycles. The summed E-state index contributed by atoms with van der Waals surface area (Å²) in [4.78, 5) is 25.4. The van der Waals surface area contributed by atoms with Crippen LogP contribution in [-0.2, 0) is 11.2 Å². The van der Waals surface area contributed by atoms with E-state index in [9.17, 15) is 9.18 Å². The molecule has 0 spiro atoms. The highest BCUT2D eigenvalue weighted by Gasteiger charge is 2.21. The molecule has 0 atom stereocenters. The van der Waals surface area contributed by atoms with E-state index >= 15 is 0 Å². The third-order valence-electron chi connectivity index (χ3n) is 4.89. The highest BCUT2D eigenvalue weighted by molar-refractivity contribution is 7.09. The normalized spacial score (nSPS) is 14.3. The number of piperazine rings is 1. The average Bonchev–Trinajstić information content (AvgIpc) is 3.22. The number of aryl methyl sites for hydroxylation is 1. The van der Waals surface area contributed by atoms with Crippen molar-refractivity contribution in [1.29, 1.82) is 0 Å². The minimum absolute atomic E-state index is 0.164. The minimum atomic E-state index is -0.230. The predicted molar refractivity (Wildman–Crippen MR) is 109 cm³/mol. The zero-order valence-electron chi connectivity index (χ0n) is 15.4. The summed E-state index contributed by atoms with van der Waals surface area (Å²) in [5.41, 5.74) is 2.90. The lowest BCUT2D eigenvalue weighted by molar-refractivity contribution is -0.131. The zero-order valence-corrected chi connectivity index (χ0v) is 16.2. The van der Waals surface area contributed by atoms with Crippen LogP contribution in [-0.4, -0.2) is 47.0 Å². The Kier molecular flexibility index (Phi) is 5.62. The van der Waals surface area contributed by atoms with E-state index in [2.05, 4.69) is 14.9 Å².